The zero-order chi connectivity index (χ0) is 9.84. The molecule has 0 saturated carbocycles. The van der Waals surface area contributed by atoms with E-state index in [9.17, 15) is 13.6 Å². The van der Waals surface area contributed by atoms with Crippen molar-refractivity contribution in [3.8, 4) is 0 Å². The van der Waals surface area contributed by atoms with Crippen molar-refractivity contribution >= 4 is 5.78 Å². The molecule has 0 unspecified atom stereocenters. The van der Waals surface area contributed by atoms with E-state index in [1.165, 1.54) is 6.07 Å². The third-order valence-corrected chi connectivity index (χ3v) is 1.78. The summed E-state index contributed by atoms with van der Waals surface area (Å²) in [5.41, 5.74) is 0.519. The van der Waals surface area contributed by atoms with Crippen LogP contribution in [0.4, 0.5) is 8.78 Å². The van der Waals surface area contributed by atoms with Crippen molar-refractivity contribution in [3.05, 3.63) is 35.4 Å². The lowest BCUT2D eigenvalue weighted by Gasteiger charge is -1.99. The number of Topliss-reactive ketones (excluding diaryl/α,β-unsaturated/α-hetero) is 1. The Labute approximate surface area is 75.4 Å². The van der Waals surface area contributed by atoms with E-state index in [1.807, 2.05) is 0 Å². The van der Waals surface area contributed by atoms with Crippen molar-refractivity contribution in [2.75, 3.05) is 0 Å². The van der Waals surface area contributed by atoms with Crippen molar-refractivity contribution in [2.24, 2.45) is 0 Å². The molecule has 1 rings (SSSR count). The molecule has 0 atom stereocenters. The standard InChI is InChI=1S/C10H10F2O/c1-2-8(13)5-7-3-4-9(11)10(12)6-7/h3-4,6H,2,5H2,1H3. The number of benzene rings is 1. The third kappa shape index (κ3) is 2.61. The highest BCUT2D eigenvalue weighted by Crippen LogP contribution is 2.09. The summed E-state index contributed by atoms with van der Waals surface area (Å²) in [6.45, 7) is 1.74. The predicted molar refractivity (Wildman–Crippen MR) is 45.4 cm³/mol. The zero-order valence-electron chi connectivity index (χ0n) is 7.31. The van der Waals surface area contributed by atoms with Gasteiger partial charge in [-0.1, -0.05) is 13.0 Å². The molecule has 13 heavy (non-hydrogen) atoms. The van der Waals surface area contributed by atoms with Crippen LogP contribution in [0.2, 0.25) is 0 Å². The summed E-state index contributed by atoms with van der Waals surface area (Å²) in [4.78, 5) is 11.0. The molecule has 0 amide bonds. The second-order valence-electron chi connectivity index (χ2n) is 2.82. The molecule has 0 N–H and O–H groups in total. The van der Waals surface area contributed by atoms with Crippen LogP contribution in [0, 0.1) is 11.6 Å². The van der Waals surface area contributed by atoms with Crippen LogP contribution in [0.15, 0.2) is 18.2 Å². The highest BCUT2D eigenvalue weighted by molar-refractivity contribution is 5.80. The average molecular weight is 184 g/mol. The molecular formula is C10H10F2O. The Bertz CT molecular complexity index is 321. The number of carbonyl (C=O) groups excluding carboxylic acids is 1. The topological polar surface area (TPSA) is 17.1 Å². The summed E-state index contributed by atoms with van der Waals surface area (Å²) in [5.74, 6) is -1.76. The van der Waals surface area contributed by atoms with Gasteiger partial charge in [0.15, 0.2) is 11.6 Å². The average Bonchev–Trinajstić information content (AvgIpc) is 2.11. The minimum atomic E-state index is -0.901. The normalized spacial score (nSPS) is 10.1. The number of hydrogen-bond donors (Lipinski definition) is 0. The fraction of sp³-hybridized carbons (Fsp3) is 0.300. The van der Waals surface area contributed by atoms with Gasteiger partial charge in [-0.3, -0.25) is 4.79 Å². The number of hydrogen-bond acceptors (Lipinski definition) is 1. The van der Waals surface area contributed by atoms with E-state index in [0.717, 1.165) is 12.1 Å². The van der Waals surface area contributed by atoms with Gasteiger partial charge in [0.05, 0.1) is 0 Å². The lowest BCUT2D eigenvalue weighted by molar-refractivity contribution is -0.118. The van der Waals surface area contributed by atoms with Gasteiger partial charge in [0.25, 0.3) is 0 Å². The predicted octanol–water partition coefficient (Wildman–Crippen LogP) is 2.49. The van der Waals surface area contributed by atoms with Gasteiger partial charge >= 0.3 is 0 Å². The van der Waals surface area contributed by atoms with Gasteiger partial charge in [-0.05, 0) is 17.7 Å². The van der Waals surface area contributed by atoms with Crippen molar-refractivity contribution in [1.29, 1.82) is 0 Å². The largest absolute Gasteiger partial charge is 0.299 e. The van der Waals surface area contributed by atoms with Crippen LogP contribution in [-0.4, -0.2) is 5.78 Å². The monoisotopic (exact) mass is 184 g/mol. The van der Waals surface area contributed by atoms with Gasteiger partial charge in [0.2, 0.25) is 0 Å². The van der Waals surface area contributed by atoms with Gasteiger partial charge in [0, 0.05) is 12.8 Å². The van der Waals surface area contributed by atoms with E-state index < -0.39 is 11.6 Å². The van der Waals surface area contributed by atoms with Crippen LogP contribution in [0.1, 0.15) is 18.9 Å². The molecule has 0 aliphatic heterocycles. The summed E-state index contributed by atoms with van der Waals surface area (Å²) >= 11 is 0. The van der Waals surface area contributed by atoms with Crippen LogP contribution < -0.4 is 0 Å². The third-order valence-electron chi connectivity index (χ3n) is 1.78. The van der Waals surface area contributed by atoms with Gasteiger partial charge < -0.3 is 0 Å². The molecule has 3 heteroatoms. The molecule has 0 bridgehead atoms. The van der Waals surface area contributed by atoms with Crippen LogP contribution >= 0.6 is 0 Å². The first-order valence-electron chi connectivity index (χ1n) is 4.09. The molecule has 70 valence electrons. The Balaban J connectivity index is 2.79. The molecule has 1 aromatic rings. The maximum absolute atomic E-state index is 12.6. The Morgan fingerprint density at radius 3 is 2.54 bits per heavy atom. The number of halogens is 2. The zero-order valence-corrected chi connectivity index (χ0v) is 7.31. The van der Waals surface area contributed by atoms with E-state index >= 15 is 0 Å². The second kappa shape index (κ2) is 4.12. The van der Waals surface area contributed by atoms with Crippen LogP contribution in [0.5, 0.6) is 0 Å². The Morgan fingerprint density at radius 1 is 1.31 bits per heavy atom. The number of rotatable bonds is 3. The van der Waals surface area contributed by atoms with Crippen molar-refractivity contribution in [3.63, 3.8) is 0 Å². The molecule has 0 saturated heterocycles. The quantitative estimate of drug-likeness (QED) is 0.705. The minimum absolute atomic E-state index is 0.0195. The molecule has 1 nitrogen and oxygen atoms in total. The summed E-state index contributed by atoms with van der Waals surface area (Å²) in [6.07, 6.45) is 0.590. The van der Waals surface area contributed by atoms with Gasteiger partial charge in [-0.15, -0.1) is 0 Å². The van der Waals surface area contributed by atoms with E-state index in [4.69, 9.17) is 0 Å². The van der Waals surface area contributed by atoms with Gasteiger partial charge in [0.1, 0.15) is 5.78 Å². The van der Waals surface area contributed by atoms with E-state index in [0.29, 0.717) is 12.0 Å². The molecule has 1 aromatic carbocycles. The SMILES string of the molecule is CCC(=O)Cc1ccc(F)c(F)c1. The number of carbonyl (C=O) groups is 1. The highest BCUT2D eigenvalue weighted by Gasteiger charge is 2.05. The Morgan fingerprint density at radius 2 is 2.00 bits per heavy atom. The van der Waals surface area contributed by atoms with Crippen molar-refractivity contribution in [1.82, 2.24) is 0 Å². The fourth-order valence-electron chi connectivity index (χ4n) is 1.00. The van der Waals surface area contributed by atoms with Crippen molar-refractivity contribution in [2.45, 2.75) is 19.8 Å². The van der Waals surface area contributed by atoms with Crippen LogP contribution in [0.25, 0.3) is 0 Å². The maximum atomic E-state index is 12.6. The summed E-state index contributed by atoms with van der Waals surface area (Å²) in [5, 5.41) is 0. The smallest absolute Gasteiger partial charge is 0.159 e. The van der Waals surface area contributed by atoms with E-state index in [1.54, 1.807) is 6.92 Å². The maximum Gasteiger partial charge on any atom is 0.159 e. The minimum Gasteiger partial charge on any atom is -0.299 e. The van der Waals surface area contributed by atoms with Crippen molar-refractivity contribution < 1.29 is 13.6 Å². The lowest BCUT2D eigenvalue weighted by atomic mass is 10.1. The Hall–Kier alpha value is -1.25. The first-order valence-corrected chi connectivity index (χ1v) is 4.09. The van der Waals surface area contributed by atoms with E-state index in [2.05, 4.69) is 0 Å². The van der Waals surface area contributed by atoms with Crippen LogP contribution in [0.3, 0.4) is 0 Å². The summed E-state index contributed by atoms with van der Waals surface area (Å²) < 4.78 is 25.1. The van der Waals surface area contributed by atoms with E-state index in [-0.39, 0.29) is 12.2 Å². The first-order chi connectivity index (χ1) is 6.13. The lowest BCUT2D eigenvalue weighted by Crippen LogP contribution is -2.01. The van der Waals surface area contributed by atoms with Gasteiger partial charge in [-0.2, -0.15) is 0 Å². The fourth-order valence-corrected chi connectivity index (χ4v) is 1.00. The highest BCUT2D eigenvalue weighted by atomic mass is 19.2. The molecule has 0 spiro atoms. The molecular weight excluding hydrogens is 174 g/mol. The molecule has 0 aromatic heterocycles. The number of ketones is 1. The second-order valence-corrected chi connectivity index (χ2v) is 2.82. The van der Waals surface area contributed by atoms with Crippen LogP contribution in [-0.2, 0) is 11.2 Å². The molecule has 0 heterocycles. The van der Waals surface area contributed by atoms with Gasteiger partial charge in [-0.25, -0.2) is 8.78 Å². The molecule has 0 aliphatic rings. The molecule has 0 aliphatic carbocycles. The Kier molecular flexibility index (Phi) is 3.12. The molecule has 0 radical (unpaired) electrons. The summed E-state index contributed by atoms with van der Waals surface area (Å²) in [7, 11) is 0. The molecule has 0 fully saturated rings. The first kappa shape index (κ1) is 9.84. The summed E-state index contributed by atoms with van der Waals surface area (Å²) in [6, 6.07) is 3.52.